The van der Waals surface area contributed by atoms with Gasteiger partial charge in [-0.2, -0.15) is 0 Å². The quantitative estimate of drug-likeness (QED) is 0.715. The molecule has 0 aromatic heterocycles. The van der Waals surface area contributed by atoms with Crippen LogP contribution in [0.15, 0.2) is 24.3 Å². The second-order valence-corrected chi connectivity index (χ2v) is 5.11. The number of likely N-dealkylation sites (N-methyl/N-ethyl adjacent to an activating group) is 1. The first kappa shape index (κ1) is 16.6. The van der Waals surface area contributed by atoms with E-state index in [4.69, 9.17) is 18.0 Å². The fourth-order valence-electron chi connectivity index (χ4n) is 2.05. The highest BCUT2D eigenvalue weighted by molar-refractivity contribution is 7.80. The van der Waals surface area contributed by atoms with Crippen LogP contribution < -0.4 is 11.1 Å². The lowest BCUT2D eigenvalue weighted by Crippen LogP contribution is -2.35. The van der Waals surface area contributed by atoms with Gasteiger partial charge in [0.15, 0.2) is 0 Å². The number of nitrogens with zero attached hydrogens (tertiary/aromatic N) is 1. The minimum atomic E-state index is -0.0657. The van der Waals surface area contributed by atoms with Gasteiger partial charge in [0, 0.05) is 25.1 Å². The molecule has 0 saturated carbocycles. The standard InChI is InChI=1S/C15H23N3OS/c1-3-18(4-2)10-9-17-15(19)13-8-6-5-7-12(13)11-14(16)20/h5-8H,3-4,9-11H2,1-2H3,(H2,16,20)(H,17,19). The normalized spacial score (nSPS) is 10.6. The van der Waals surface area contributed by atoms with Crippen molar-refractivity contribution in [2.75, 3.05) is 26.2 Å². The number of hydrogen-bond donors (Lipinski definition) is 2. The Kier molecular flexibility index (Phi) is 7.18. The summed E-state index contributed by atoms with van der Waals surface area (Å²) in [4.78, 5) is 14.9. The van der Waals surface area contributed by atoms with Gasteiger partial charge in [-0.25, -0.2) is 0 Å². The van der Waals surface area contributed by atoms with Crippen molar-refractivity contribution in [3.8, 4) is 0 Å². The number of carbonyl (C=O) groups is 1. The maximum atomic E-state index is 12.2. The number of amides is 1. The Balaban J connectivity index is 2.61. The lowest BCUT2D eigenvalue weighted by atomic mass is 10.0. The second kappa shape index (κ2) is 8.66. The van der Waals surface area contributed by atoms with Crippen LogP contribution >= 0.6 is 12.2 Å². The Morgan fingerprint density at radius 3 is 2.55 bits per heavy atom. The maximum Gasteiger partial charge on any atom is 0.251 e. The van der Waals surface area contributed by atoms with Crippen LogP contribution in [-0.2, 0) is 6.42 Å². The molecule has 1 aromatic carbocycles. The Bertz CT molecular complexity index is 458. The van der Waals surface area contributed by atoms with Crippen molar-refractivity contribution in [3.63, 3.8) is 0 Å². The van der Waals surface area contributed by atoms with Crippen LogP contribution in [0.3, 0.4) is 0 Å². The number of nitrogens with two attached hydrogens (primary N) is 1. The topological polar surface area (TPSA) is 58.4 Å². The number of thiocarbonyl (C=S) groups is 1. The van der Waals surface area contributed by atoms with Crippen LogP contribution in [0.4, 0.5) is 0 Å². The predicted octanol–water partition coefficient (Wildman–Crippen LogP) is 1.59. The molecule has 0 unspecified atom stereocenters. The van der Waals surface area contributed by atoms with Gasteiger partial charge >= 0.3 is 0 Å². The van der Waals surface area contributed by atoms with E-state index in [0.29, 0.717) is 23.5 Å². The van der Waals surface area contributed by atoms with Gasteiger partial charge in [0.1, 0.15) is 0 Å². The lowest BCUT2D eigenvalue weighted by molar-refractivity contribution is 0.0948. The number of benzene rings is 1. The Morgan fingerprint density at radius 1 is 1.30 bits per heavy atom. The molecule has 20 heavy (non-hydrogen) atoms. The summed E-state index contributed by atoms with van der Waals surface area (Å²) >= 11 is 4.92. The predicted molar refractivity (Wildman–Crippen MR) is 87.1 cm³/mol. The minimum Gasteiger partial charge on any atom is -0.393 e. The zero-order valence-electron chi connectivity index (χ0n) is 12.2. The van der Waals surface area contributed by atoms with Gasteiger partial charge in [-0.15, -0.1) is 0 Å². The molecule has 4 nitrogen and oxygen atoms in total. The van der Waals surface area contributed by atoms with Crippen molar-refractivity contribution in [1.82, 2.24) is 10.2 Å². The van der Waals surface area contributed by atoms with Crippen LogP contribution in [0, 0.1) is 0 Å². The second-order valence-electron chi connectivity index (χ2n) is 4.58. The van der Waals surface area contributed by atoms with E-state index in [2.05, 4.69) is 24.1 Å². The molecule has 0 aliphatic heterocycles. The third kappa shape index (κ3) is 5.27. The number of nitrogens with one attached hydrogen (secondary N) is 1. The van der Waals surface area contributed by atoms with E-state index >= 15 is 0 Å². The van der Waals surface area contributed by atoms with E-state index in [1.165, 1.54) is 0 Å². The van der Waals surface area contributed by atoms with E-state index < -0.39 is 0 Å². The first-order valence-electron chi connectivity index (χ1n) is 6.95. The van der Waals surface area contributed by atoms with Crippen molar-refractivity contribution >= 4 is 23.1 Å². The van der Waals surface area contributed by atoms with Crippen LogP contribution in [0.25, 0.3) is 0 Å². The Morgan fingerprint density at radius 2 is 1.95 bits per heavy atom. The summed E-state index contributed by atoms with van der Waals surface area (Å²) in [6.07, 6.45) is 0.453. The third-order valence-electron chi connectivity index (χ3n) is 3.23. The molecule has 0 heterocycles. The van der Waals surface area contributed by atoms with Crippen molar-refractivity contribution in [3.05, 3.63) is 35.4 Å². The Hall–Kier alpha value is -1.46. The molecule has 0 aliphatic rings. The molecule has 3 N–H and O–H groups in total. The molecular weight excluding hydrogens is 270 g/mol. The maximum absolute atomic E-state index is 12.2. The average molecular weight is 293 g/mol. The van der Waals surface area contributed by atoms with E-state index in [9.17, 15) is 4.79 Å². The largest absolute Gasteiger partial charge is 0.393 e. The summed E-state index contributed by atoms with van der Waals surface area (Å²) in [7, 11) is 0. The molecule has 0 bridgehead atoms. The summed E-state index contributed by atoms with van der Waals surface area (Å²) in [5.41, 5.74) is 7.09. The number of rotatable bonds is 8. The molecule has 0 atom stereocenters. The van der Waals surface area contributed by atoms with Gasteiger partial charge in [0.05, 0.1) is 4.99 Å². The monoisotopic (exact) mass is 293 g/mol. The average Bonchev–Trinajstić information content (AvgIpc) is 2.43. The lowest BCUT2D eigenvalue weighted by Gasteiger charge is -2.18. The molecule has 1 amide bonds. The van der Waals surface area contributed by atoms with Crippen molar-refractivity contribution < 1.29 is 4.79 Å². The fourth-order valence-corrected chi connectivity index (χ4v) is 2.20. The fraction of sp³-hybridized carbons (Fsp3) is 0.467. The van der Waals surface area contributed by atoms with Gasteiger partial charge in [0.25, 0.3) is 5.91 Å². The first-order chi connectivity index (χ1) is 9.58. The highest BCUT2D eigenvalue weighted by Crippen LogP contribution is 2.09. The molecular formula is C15H23N3OS. The van der Waals surface area contributed by atoms with Gasteiger partial charge < -0.3 is 16.0 Å². The molecule has 0 fully saturated rings. The van der Waals surface area contributed by atoms with Crippen LogP contribution in [0.2, 0.25) is 0 Å². The number of carbonyl (C=O) groups excluding carboxylic acids is 1. The summed E-state index contributed by atoms with van der Waals surface area (Å²) in [6, 6.07) is 7.43. The first-order valence-corrected chi connectivity index (χ1v) is 7.36. The number of hydrogen-bond acceptors (Lipinski definition) is 3. The van der Waals surface area contributed by atoms with Crippen molar-refractivity contribution in [1.29, 1.82) is 0 Å². The van der Waals surface area contributed by atoms with E-state index in [-0.39, 0.29) is 5.91 Å². The summed E-state index contributed by atoms with van der Waals surface area (Å²) in [5, 5.41) is 2.95. The Labute approximate surface area is 126 Å². The van der Waals surface area contributed by atoms with Crippen LogP contribution in [-0.4, -0.2) is 42.0 Å². The summed E-state index contributed by atoms with van der Waals surface area (Å²) < 4.78 is 0. The highest BCUT2D eigenvalue weighted by Gasteiger charge is 2.11. The third-order valence-corrected chi connectivity index (χ3v) is 3.38. The summed E-state index contributed by atoms with van der Waals surface area (Å²) in [5.74, 6) is -0.0657. The zero-order chi connectivity index (χ0) is 15.0. The van der Waals surface area contributed by atoms with Crippen molar-refractivity contribution in [2.24, 2.45) is 5.73 Å². The summed E-state index contributed by atoms with van der Waals surface area (Å²) in [6.45, 7) is 7.71. The van der Waals surface area contributed by atoms with E-state index in [1.807, 2.05) is 18.2 Å². The van der Waals surface area contributed by atoms with Gasteiger partial charge in [0.2, 0.25) is 0 Å². The molecule has 5 heteroatoms. The molecule has 0 saturated heterocycles. The molecule has 0 aliphatic carbocycles. The van der Waals surface area contributed by atoms with Crippen LogP contribution in [0.5, 0.6) is 0 Å². The SMILES string of the molecule is CCN(CC)CCNC(=O)c1ccccc1CC(N)=S. The molecule has 110 valence electrons. The van der Waals surface area contributed by atoms with Crippen molar-refractivity contribution in [2.45, 2.75) is 20.3 Å². The molecule has 1 aromatic rings. The molecule has 0 spiro atoms. The van der Waals surface area contributed by atoms with E-state index in [1.54, 1.807) is 6.07 Å². The van der Waals surface area contributed by atoms with Gasteiger partial charge in [-0.05, 0) is 24.7 Å². The minimum absolute atomic E-state index is 0.0657. The zero-order valence-corrected chi connectivity index (χ0v) is 13.0. The molecule has 1 rings (SSSR count). The smallest absolute Gasteiger partial charge is 0.251 e. The van der Waals surface area contributed by atoms with E-state index in [0.717, 1.165) is 25.2 Å². The van der Waals surface area contributed by atoms with Gasteiger partial charge in [-0.3, -0.25) is 4.79 Å². The van der Waals surface area contributed by atoms with Gasteiger partial charge in [-0.1, -0.05) is 44.3 Å². The highest BCUT2D eigenvalue weighted by atomic mass is 32.1. The van der Waals surface area contributed by atoms with Crippen LogP contribution in [0.1, 0.15) is 29.8 Å². The molecule has 0 radical (unpaired) electrons.